The molecule has 1 aliphatic heterocycles. The van der Waals surface area contributed by atoms with Crippen LogP contribution in [0.4, 0.5) is 0 Å². The quantitative estimate of drug-likeness (QED) is 0.833. The van der Waals surface area contributed by atoms with Gasteiger partial charge in [-0.1, -0.05) is 37.6 Å². The molecular formula is C18H27ClN2O. The van der Waals surface area contributed by atoms with E-state index in [1.165, 1.54) is 25.9 Å². The third-order valence-electron chi connectivity index (χ3n) is 4.21. The highest BCUT2D eigenvalue weighted by Crippen LogP contribution is 2.17. The average molecular weight is 323 g/mol. The zero-order valence-electron chi connectivity index (χ0n) is 13.6. The first-order chi connectivity index (χ1) is 10.5. The molecule has 0 aromatic heterocycles. The Morgan fingerprint density at radius 3 is 2.45 bits per heavy atom. The number of halogens is 1. The lowest BCUT2D eigenvalue weighted by Crippen LogP contribution is -2.43. The van der Waals surface area contributed by atoms with Gasteiger partial charge in [-0.15, -0.1) is 0 Å². The lowest BCUT2D eigenvalue weighted by molar-refractivity contribution is -0.120. The number of amides is 1. The summed E-state index contributed by atoms with van der Waals surface area (Å²) in [6.45, 7) is 7.59. The van der Waals surface area contributed by atoms with Crippen LogP contribution in [0.3, 0.4) is 0 Å². The van der Waals surface area contributed by atoms with Crippen molar-refractivity contribution in [3.63, 3.8) is 0 Å². The average Bonchev–Trinajstić information content (AvgIpc) is 2.99. The number of hydrogen-bond donors (Lipinski definition) is 1. The monoisotopic (exact) mass is 322 g/mol. The molecule has 0 spiro atoms. The van der Waals surface area contributed by atoms with Crippen molar-refractivity contribution in [2.75, 3.05) is 19.6 Å². The SMILES string of the molecule is CC(C)CC(CNC(=O)Cc1ccc(Cl)cc1)N1CCCC1. The number of rotatable bonds is 7. The molecule has 122 valence electrons. The van der Waals surface area contributed by atoms with Gasteiger partial charge >= 0.3 is 0 Å². The Morgan fingerprint density at radius 2 is 1.86 bits per heavy atom. The number of carbonyl (C=O) groups is 1. The van der Waals surface area contributed by atoms with Gasteiger partial charge in [-0.2, -0.15) is 0 Å². The van der Waals surface area contributed by atoms with Crippen LogP contribution >= 0.6 is 11.6 Å². The van der Waals surface area contributed by atoms with E-state index in [9.17, 15) is 4.79 Å². The van der Waals surface area contributed by atoms with Gasteiger partial charge in [0.25, 0.3) is 0 Å². The fourth-order valence-electron chi connectivity index (χ4n) is 3.09. The molecule has 0 bridgehead atoms. The molecule has 22 heavy (non-hydrogen) atoms. The van der Waals surface area contributed by atoms with Crippen LogP contribution in [0.2, 0.25) is 5.02 Å². The van der Waals surface area contributed by atoms with Crippen molar-refractivity contribution in [3.05, 3.63) is 34.9 Å². The minimum absolute atomic E-state index is 0.0928. The summed E-state index contributed by atoms with van der Waals surface area (Å²) < 4.78 is 0. The summed E-state index contributed by atoms with van der Waals surface area (Å²) in [4.78, 5) is 14.7. The third-order valence-corrected chi connectivity index (χ3v) is 4.47. The molecular weight excluding hydrogens is 296 g/mol. The van der Waals surface area contributed by atoms with E-state index < -0.39 is 0 Å². The van der Waals surface area contributed by atoms with E-state index >= 15 is 0 Å². The summed E-state index contributed by atoms with van der Waals surface area (Å²) in [5.41, 5.74) is 1.00. The summed E-state index contributed by atoms with van der Waals surface area (Å²) in [5, 5.41) is 3.82. The first-order valence-corrected chi connectivity index (χ1v) is 8.67. The van der Waals surface area contributed by atoms with Crippen LogP contribution in [0.1, 0.15) is 38.7 Å². The van der Waals surface area contributed by atoms with Crippen LogP contribution in [0.5, 0.6) is 0 Å². The highest BCUT2D eigenvalue weighted by Gasteiger charge is 2.23. The maximum Gasteiger partial charge on any atom is 0.224 e. The van der Waals surface area contributed by atoms with Gasteiger partial charge in [0.15, 0.2) is 0 Å². The number of nitrogens with zero attached hydrogens (tertiary/aromatic N) is 1. The van der Waals surface area contributed by atoms with Gasteiger partial charge in [-0.05, 0) is 56.0 Å². The molecule has 0 saturated carbocycles. The molecule has 1 saturated heterocycles. The van der Waals surface area contributed by atoms with Gasteiger partial charge in [0.2, 0.25) is 5.91 Å². The Hall–Kier alpha value is -1.06. The molecule has 1 N–H and O–H groups in total. The van der Waals surface area contributed by atoms with Crippen LogP contribution in [0.15, 0.2) is 24.3 Å². The summed E-state index contributed by atoms with van der Waals surface area (Å²) in [5.74, 6) is 0.744. The van der Waals surface area contributed by atoms with Gasteiger partial charge in [0.1, 0.15) is 0 Å². The second-order valence-corrected chi connectivity index (χ2v) is 7.07. The second-order valence-electron chi connectivity index (χ2n) is 6.63. The van der Waals surface area contributed by atoms with Crippen molar-refractivity contribution < 1.29 is 4.79 Å². The van der Waals surface area contributed by atoms with Gasteiger partial charge < -0.3 is 5.32 Å². The molecule has 1 atom stereocenters. The van der Waals surface area contributed by atoms with Gasteiger partial charge in [-0.3, -0.25) is 9.69 Å². The summed E-state index contributed by atoms with van der Waals surface area (Å²) in [6, 6.07) is 7.95. The van der Waals surface area contributed by atoms with Gasteiger partial charge in [0, 0.05) is 17.6 Å². The second kappa shape index (κ2) is 8.54. The minimum Gasteiger partial charge on any atom is -0.354 e. The predicted octanol–water partition coefficient (Wildman–Crippen LogP) is 3.51. The number of nitrogens with one attached hydrogen (secondary N) is 1. The predicted molar refractivity (Wildman–Crippen MR) is 92.2 cm³/mol. The fraction of sp³-hybridized carbons (Fsp3) is 0.611. The van der Waals surface area contributed by atoms with E-state index in [1.54, 1.807) is 0 Å². The largest absolute Gasteiger partial charge is 0.354 e. The van der Waals surface area contributed by atoms with E-state index in [2.05, 4.69) is 24.1 Å². The maximum absolute atomic E-state index is 12.1. The Balaban J connectivity index is 1.82. The summed E-state index contributed by atoms with van der Waals surface area (Å²) in [6.07, 6.45) is 4.13. The van der Waals surface area contributed by atoms with E-state index in [4.69, 9.17) is 11.6 Å². The van der Waals surface area contributed by atoms with Crippen LogP contribution in [-0.2, 0) is 11.2 Å². The van der Waals surface area contributed by atoms with Crippen LogP contribution in [0, 0.1) is 5.92 Å². The molecule has 1 fully saturated rings. The lowest BCUT2D eigenvalue weighted by atomic mass is 10.0. The standard InChI is InChI=1S/C18H27ClN2O/c1-14(2)11-17(21-9-3-4-10-21)13-20-18(22)12-15-5-7-16(19)8-6-15/h5-8,14,17H,3-4,9-13H2,1-2H3,(H,20,22). The Morgan fingerprint density at radius 1 is 1.23 bits per heavy atom. The van der Waals surface area contributed by atoms with Crippen molar-refractivity contribution in [2.45, 2.75) is 45.6 Å². The van der Waals surface area contributed by atoms with E-state index in [1.807, 2.05) is 24.3 Å². The van der Waals surface area contributed by atoms with Crippen molar-refractivity contribution in [1.82, 2.24) is 10.2 Å². The zero-order chi connectivity index (χ0) is 15.9. The molecule has 4 heteroatoms. The Kier molecular flexibility index (Phi) is 6.71. The number of benzene rings is 1. The van der Waals surface area contributed by atoms with Crippen LogP contribution in [-0.4, -0.2) is 36.5 Å². The number of hydrogen-bond acceptors (Lipinski definition) is 2. The minimum atomic E-state index is 0.0928. The molecule has 1 unspecified atom stereocenters. The van der Waals surface area contributed by atoms with E-state index in [-0.39, 0.29) is 5.91 Å². The van der Waals surface area contributed by atoms with Crippen molar-refractivity contribution in [3.8, 4) is 0 Å². The highest BCUT2D eigenvalue weighted by atomic mass is 35.5. The maximum atomic E-state index is 12.1. The Labute approximate surface area is 139 Å². The van der Waals surface area contributed by atoms with Gasteiger partial charge in [0.05, 0.1) is 6.42 Å². The van der Waals surface area contributed by atoms with Crippen molar-refractivity contribution in [2.24, 2.45) is 5.92 Å². The van der Waals surface area contributed by atoms with Crippen LogP contribution in [0.25, 0.3) is 0 Å². The smallest absolute Gasteiger partial charge is 0.224 e. The highest BCUT2D eigenvalue weighted by molar-refractivity contribution is 6.30. The Bertz CT molecular complexity index is 466. The molecule has 1 aromatic carbocycles. The zero-order valence-corrected chi connectivity index (χ0v) is 14.4. The van der Waals surface area contributed by atoms with Crippen LogP contribution < -0.4 is 5.32 Å². The topological polar surface area (TPSA) is 32.3 Å². The summed E-state index contributed by atoms with van der Waals surface area (Å²) in [7, 11) is 0. The molecule has 3 nitrogen and oxygen atoms in total. The van der Waals surface area contributed by atoms with Crippen molar-refractivity contribution >= 4 is 17.5 Å². The molecule has 1 aromatic rings. The molecule has 0 aliphatic carbocycles. The van der Waals surface area contributed by atoms with E-state index in [0.29, 0.717) is 23.4 Å². The molecule has 0 radical (unpaired) electrons. The molecule has 2 rings (SSSR count). The molecule has 1 heterocycles. The molecule has 1 amide bonds. The third kappa shape index (κ3) is 5.62. The number of carbonyl (C=O) groups excluding carboxylic acids is 1. The fourth-order valence-corrected chi connectivity index (χ4v) is 3.22. The van der Waals surface area contributed by atoms with E-state index in [0.717, 1.165) is 18.5 Å². The number of likely N-dealkylation sites (tertiary alicyclic amines) is 1. The first kappa shape index (κ1) is 17.3. The first-order valence-electron chi connectivity index (χ1n) is 8.30. The van der Waals surface area contributed by atoms with Crippen molar-refractivity contribution in [1.29, 1.82) is 0 Å². The van der Waals surface area contributed by atoms with Gasteiger partial charge in [-0.25, -0.2) is 0 Å². The normalized spacial score (nSPS) is 16.9. The summed E-state index contributed by atoms with van der Waals surface area (Å²) >= 11 is 5.87. The molecule has 1 aliphatic rings. The lowest BCUT2D eigenvalue weighted by Gasteiger charge is -2.29.